The van der Waals surface area contributed by atoms with Gasteiger partial charge >= 0.3 is 0 Å². The smallest absolute Gasteiger partial charge is 0.0893 e. The van der Waals surface area contributed by atoms with E-state index in [0.717, 1.165) is 22.4 Å². The first-order valence-electron chi connectivity index (χ1n) is 5.63. The molecule has 2 rings (SSSR count). The van der Waals surface area contributed by atoms with E-state index in [1.54, 1.807) is 0 Å². The number of aromatic nitrogens is 2. The van der Waals surface area contributed by atoms with E-state index in [9.17, 15) is 0 Å². The summed E-state index contributed by atoms with van der Waals surface area (Å²) in [4.78, 5) is 9.12. The van der Waals surface area contributed by atoms with Crippen molar-refractivity contribution in [3.05, 3.63) is 35.2 Å². The van der Waals surface area contributed by atoms with E-state index in [1.165, 1.54) is 5.56 Å². The lowest BCUT2D eigenvalue weighted by Gasteiger charge is -2.19. The number of fused-ring (bicyclic) bond motifs is 1. The van der Waals surface area contributed by atoms with Crippen LogP contribution in [0.25, 0.3) is 11.0 Å². The molecule has 2 heteroatoms. The van der Waals surface area contributed by atoms with Gasteiger partial charge in [0.2, 0.25) is 0 Å². The molecule has 0 bridgehead atoms. The molecule has 0 saturated heterocycles. The third-order valence-electron chi connectivity index (χ3n) is 2.94. The minimum atomic E-state index is 0.161. The highest BCUT2D eigenvalue weighted by Crippen LogP contribution is 2.24. The van der Waals surface area contributed by atoms with E-state index in [4.69, 9.17) is 0 Å². The van der Waals surface area contributed by atoms with Crippen molar-refractivity contribution >= 4 is 11.0 Å². The number of aryl methyl sites for hydroxylation is 2. The summed E-state index contributed by atoms with van der Waals surface area (Å²) in [7, 11) is 0. The lowest BCUT2D eigenvalue weighted by atomic mass is 9.87. The quantitative estimate of drug-likeness (QED) is 0.670. The molecule has 0 atom stereocenters. The molecule has 2 nitrogen and oxygen atoms in total. The van der Waals surface area contributed by atoms with Gasteiger partial charge in [0.05, 0.1) is 22.4 Å². The van der Waals surface area contributed by atoms with E-state index in [2.05, 4.69) is 48.9 Å². The van der Waals surface area contributed by atoms with Crippen LogP contribution in [0.3, 0.4) is 0 Å². The summed E-state index contributed by atoms with van der Waals surface area (Å²) < 4.78 is 0. The molecule has 0 unspecified atom stereocenters. The van der Waals surface area contributed by atoms with Crippen LogP contribution in [0.4, 0.5) is 0 Å². The summed E-state index contributed by atoms with van der Waals surface area (Å²) in [6.45, 7) is 10.6. The molecule has 0 spiro atoms. The molecule has 1 heterocycles. The molecule has 1 aromatic carbocycles. The van der Waals surface area contributed by atoms with Gasteiger partial charge in [-0.05, 0) is 37.0 Å². The standard InChI is InChI=1S/C14H18N2/c1-9-10(2)16-13-8-11(14(3,4)5)6-7-12(13)15-9/h6-8H,1-5H3. The van der Waals surface area contributed by atoms with E-state index in [-0.39, 0.29) is 5.41 Å². The van der Waals surface area contributed by atoms with Crippen molar-refractivity contribution in [1.82, 2.24) is 9.97 Å². The van der Waals surface area contributed by atoms with Gasteiger partial charge in [-0.15, -0.1) is 0 Å². The van der Waals surface area contributed by atoms with Crippen LogP contribution in [0.15, 0.2) is 18.2 Å². The normalized spacial score (nSPS) is 12.1. The van der Waals surface area contributed by atoms with Gasteiger partial charge in [0.1, 0.15) is 0 Å². The number of benzene rings is 1. The van der Waals surface area contributed by atoms with Crippen molar-refractivity contribution in [1.29, 1.82) is 0 Å². The van der Waals surface area contributed by atoms with Crippen LogP contribution in [0.2, 0.25) is 0 Å². The van der Waals surface area contributed by atoms with Crippen molar-refractivity contribution in [2.75, 3.05) is 0 Å². The van der Waals surface area contributed by atoms with Crippen LogP contribution in [-0.4, -0.2) is 9.97 Å². The Morgan fingerprint density at radius 3 is 2.00 bits per heavy atom. The average Bonchev–Trinajstić information content (AvgIpc) is 2.17. The van der Waals surface area contributed by atoms with Gasteiger partial charge in [-0.3, -0.25) is 0 Å². The first kappa shape index (κ1) is 11.1. The SMILES string of the molecule is Cc1nc2ccc(C(C)(C)C)cc2nc1C. The molecule has 0 aliphatic carbocycles. The molecule has 0 amide bonds. The van der Waals surface area contributed by atoms with Crippen LogP contribution >= 0.6 is 0 Å². The average molecular weight is 214 g/mol. The number of nitrogens with zero attached hydrogens (tertiary/aromatic N) is 2. The third kappa shape index (κ3) is 1.92. The minimum Gasteiger partial charge on any atom is -0.250 e. The van der Waals surface area contributed by atoms with Gasteiger partial charge < -0.3 is 0 Å². The Balaban J connectivity index is 2.67. The van der Waals surface area contributed by atoms with Gasteiger partial charge in [0.25, 0.3) is 0 Å². The summed E-state index contributed by atoms with van der Waals surface area (Å²) in [6, 6.07) is 6.36. The van der Waals surface area contributed by atoms with Crippen molar-refractivity contribution in [2.24, 2.45) is 0 Å². The molecule has 2 aromatic rings. The Morgan fingerprint density at radius 1 is 0.875 bits per heavy atom. The number of hydrogen-bond acceptors (Lipinski definition) is 2. The molecule has 84 valence electrons. The lowest BCUT2D eigenvalue weighted by molar-refractivity contribution is 0.591. The molecule has 16 heavy (non-hydrogen) atoms. The Labute approximate surface area is 96.7 Å². The second kappa shape index (κ2) is 3.55. The van der Waals surface area contributed by atoms with Crippen LogP contribution in [0, 0.1) is 13.8 Å². The van der Waals surface area contributed by atoms with Gasteiger partial charge in [-0.1, -0.05) is 26.8 Å². The van der Waals surface area contributed by atoms with Gasteiger partial charge in [0.15, 0.2) is 0 Å². The van der Waals surface area contributed by atoms with Crippen molar-refractivity contribution < 1.29 is 0 Å². The predicted octanol–water partition coefficient (Wildman–Crippen LogP) is 3.54. The molecule has 0 aliphatic heterocycles. The fourth-order valence-electron chi connectivity index (χ4n) is 1.70. The van der Waals surface area contributed by atoms with E-state index in [1.807, 2.05) is 13.8 Å². The molecule has 1 aromatic heterocycles. The Morgan fingerprint density at radius 2 is 1.44 bits per heavy atom. The summed E-state index contributed by atoms with van der Waals surface area (Å²) in [5.74, 6) is 0. The van der Waals surface area contributed by atoms with Crippen LogP contribution < -0.4 is 0 Å². The molecule has 0 radical (unpaired) electrons. The fourth-order valence-corrected chi connectivity index (χ4v) is 1.70. The number of hydrogen-bond donors (Lipinski definition) is 0. The number of rotatable bonds is 0. The van der Waals surface area contributed by atoms with Crippen LogP contribution in [-0.2, 0) is 5.41 Å². The summed E-state index contributed by atoms with van der Waals surface area (Å²) in [5, 5.41) is 0. The molecule has 0 saturated carbocycles. The van der Waals surface area contributed by atoms with E-state index in [0.29, 0.717) is 0 Å². The van der Waals surface area contributed by atoms with Crippen molar-refractivity contribution in [3.8, 4) is 0 Å². The summed E-state index contributed by atoms with van der Waals surface area (Å²) >= 11 is 0. The van der Waals surface area contributed by atoms with Crippen LogP contribution in [0.1, 0.15) is 37.7 Å². The molecular formula is C14H18N2. The lowest BCUT2D eigenvalue weighted by Crippen LogP contribution is -2.11. The second-order valence-corrected chi connectivity index (χ2v) is 5.35. The zero-order valence-corrected chi connectivity index (χ0v) is 10.6. The first-order valence-corrected chi connectivity index (χ1v) is 5.63. The van der Waals surface area contributed by atoms with E-state index < -0.39 is 0 Å². The van der Waals surface area contributed by atoms with E-state index >= 15 is 0 Å². The largest absolute Gasteiger partial charge is 0.250 e. The first-order chi connectivity index (χ1) is 7.38. The summed E-state index contributed by atoms with van der Waals surface area (Å²) in [5.41, 5.74) is 5.47. The van der Waals surface area contributed by atoms with Crippen molar-refractivity contribution in [3.63, 3.8) is 0 Å². The maximum Gasteiger partial charge on any atom is 0.0893 e. The maximum absolute atomic E-state index is 4.59. The Bertz CT molecular complexity index is 536. The molecule has 0 aliphatic rings. The monoisotopic (exact) mass is 214 g/mol. The minimum absolute atomic E-state index is 0.161. The maximum atomic E-state index is 4.59. The zero-order chi connectivity index (χ0) is 11.9. The highest BCUT2D eigenvalue weighted by atomic mass is 14.8. The van der Waals surface area contributed by atoms with Crippen LogP contribution in [0.5, 0.6) is 0 Å². The van der Waals surface area contributed by atoms with Gasteiger partial charge in [0, 0.05) is 0 Å². The van der Waals surface area contributed by atoms with Gasteiger partial charge in [-0.2, -0.15) is 0 Å². The topological polar surface area (TPSA) is 25.8 Å². The van der Waals surface area contributed by atoms with Crippen molar-refractivity contribution in [2.45, 2.75) is 40.0 Å². The highest BCUT2D eigenvalue weighted by molar-refractivity contribution is 5.75. The fraction of sp³-hybridized carbons (Fsp3) is 0.429. The Hall–Kier alpha value is -1.44. The predicted molar refractivity (Wildman–Crippen MR) is 67.7 cm³/mol. The highest BCUT2D eigenvalue weighted by Gasteiger charge is 2.14. The molecule has 0 fully saturated rings. The molecular weight excluding hydrogens is 196 g/mol. The third-order valence-corrected chi connectivity index (χ3v) is 2.94. The molecule has 0 N–H and O–H groups in total. The second-order valence-electron chi connectivity index (χ2n) is 5.35. The zero-order valence-electron chi connectivity index (χ0n) is 10.6. The Kier molecular flexibility index (Phi) is 2.45. The summed E-state index contributed by atoms with van der Waals surface area (Å²) in [6.07, 6.45) is 0. The van der Waals surface area contributed by atoms with Gasteiger partial charge in [-0.25, -0.2) is 9.97 Å².